The molecule has 0 aliphatic rings. The molecule has 12 heteroatoms. The molecule has 2 heterocycles. The van der Waals surface area contributed by atoms with Crippen LogP contribution in [0.4, 0.5) is 5.69 Å². The molecule has 0 saturated carbocycles. The van der Waals surface area contributed by atoms with Gasteiger partial charge in [-0.2, -0.15) is 5.10 Å². The van der Waals surface area contributed by atoms with Crippen LogP contribution < -0.4 is 10.6 Å². The molecule has 2 aromatic heterocycles. The van der Waals surface area contributed by atoms with Crippen LogP contribution in [0.5, 0.6) is 0 Å². The Morgan fingerprint density at radius 1 is 1.20 bits per heavy atom. The van der Waals surface area contributed by atoms with Gasteiger partial charge >= 0.3 is 0 Å². The first kappa shape index (κ1) is 23.6. The third kappa shape index (κ3) is 5.42. The number of alkyl halides is 1. The lowest BCUT2D eigenvalue weighted by molar-refractivity contribution is 0.0954. The van der Waals surface area contributed by atoms with Crippen molar-refractivity contribution in [2.24, 2.45) is 0 Å². The first-order valence-electron chi connectivity index (χ1n) is 8.29. The van der Waals surface area contributed by atoms with Crippen LogP contribution in [0, 0.1) is 0 Å². The highest BCUT2D eigenvalue weighted by Crippen LogP contribution is 2.32. The number of carbonyl (C=O) groups is 2. The number of hydrogen-bond donors (Lipinski definition) is 2. The minimum atomic E-state index is -0.491. The molecule has 2 amide bonds. The largest absolute Gasteiger partial charge is 0.341 e. The van der Waals surface area contributed by atoms with Crippen molar-refractivity contribution in [2.45, 2.75) is 11.0 Å². The zero-order chi connectivity index (χ0) is 22.0. The van der Waals surface area contributed by atoms with Gasteiger partial charge in [-0.15, -0.1) is 0 Å². The summed E-state index contributed by atoms with van der Waals surface area (Å²) in [7, 11) is 0. The molecule has 0 radical (unpaired) electrons. The van der Waals surface area contributed by atoms with Crippen molar-refractivity contribution in [1.29, 1.82) is 0 Å². The average molecular weight is 732 g/mol. The molecule has 2 N–H and O–H groups in total. The van der Waals surface area contributed by atoms with Crippen molar-refractivity contribution in [1.82, 2.24) is 20.1 Å². The molecule has 1 atom stereocenters. The second kappa shape index (κ2) is 10.1. The molecule has 3 rings (SSSR count). The van der Waals surface area contributed by atoms with Gasteiger partial charge in [0.2, 0.25) is 0 Å². The summed E-state index contributed by atoms with van der Waals surface area (Å²) in [4.78, 5) is 30.0. The van der Waals surface area contributed by atoms with Crippen molar-refractivity contribution in [2.75, 3.05) is 5.32 Å². The zero-order valence-electron chi connectivity index (χ0n) is 15.1. The third-order valence-corrected chi connectivity index (χ3v) is 5.80. The van der Waals surface area contributed by atoms with E-state index in [0.29, 0.717) is 35.6 Å². The number of aromatic nitrogens is 3. The van der Waals surface area contributed by atoms with Gasteiger partial charge in [0.05, 0.1) is 20.3 Å². The molecule has 0 aliphatic heterocycles. The first-order chi connectivity index (χ1) is 14.2. The van der Waals surface area contributed by atoms with E-state index in [4.69, 9.17) is 11.6 Å². The molecule has 1 aromatic carbocycles. The van der Waals surface area contributed by atoms with Gasteiger partial charge in [0.1, 0.15) is 10.3 Å². The Labute approximate surface area is 215 Å². The maximum absolute atomic E-state index is 13.1. The zero-order valence-corrected chi connectivity index (χ0v) is 22.8. The van der Waals surface area contributed by atoms with Gasteiger partial charge in [0.15, 0.2) is 5.82 Å². The Morgan fingerprint density at radius 2 is 1.93 bits per heavy atom. The SMILES string of the molecule is CC(I)NC(=O)c1cc(Br)cc(Br)c1NC(=O)c1cc(Br)nn1-c1ncccc1Cl. The van der Waals surface area contributed by atoms with E-state index in [9.17, 15) is 9.59 Å². The van der Waals surface area contributed by atoms with E-state index in [1.54, 1.807) is 36.5 Å². The standard InChI is InChI=1S/C18H12Br3ClIN5O2/c1-8(23)25-17(29)10-5-9(19)6-11(20)15(10)26-18(30)13-7-14(21)27-28(13)16-12(22)3-2-4-24-16/h2-8H,1H3,(H,25,29)(H,26,30). The minimum Gasteiger partial charge on any atom is -0.341 e. The Balaban J connectivity index is 2.02. The van der Waals surface area contributed by atoms with Crippen molar-refractivity contribution in [3.63, 3.8) is 0 Å². The Kier molecular flexibility index (Phi) is 7.93. The topological polar surface area (TPSA) is 88.9 Å². The number of halogens is 5. The minimum absolute atomic E-state index is 0.0971. The van der Waals surface area contributed by atoms with E-state index in [0.717, 1.165) is 0 Å². The van der Waals surface area contributed by atoms with Gasteiger partial charge in [0, 0.05) is 21.2 Å². The molecule has 0 spiro atoms. The van der Waals surface area contributed by atoms with E-state index < -0.39 is 5.91 Å². The molecule has 1 unspecified atom stereocenters. The molecule has 0 fully saturated rings. The third-order valence-electron chi connectivity index (χ3n) is 3.72. The number of carbonyl (C=O) groups excluding carboxylic acids is 2. The second-order valence-corrected chi connectivity index (χ2v) is 10.8. The summed E-state index contributed by atoms with van der Waals surface area (Å²) >= 11 is 18.4. The van der Waals surface area contributed by atoms with Gasteiger partial charge in [-0.1, -0.05) is 50.1 Å². The number of hydrogen-bond acceptors (Lipinski definition) is 4. The average Bonchev–Trinajstić information content (AvgIpc) is 3.05. The fraction of sp³-hybridized carbons (Fsp3) is 0.111. The van der Waals surface area contributed by atoms with Crippen LogP contribution >= 0.6 is 82.0 Å². The fourth-order valence-corrected chi connectivity index (χ4v) is 4.71. The lowest BCUT2D eigenvalue weighted by Gasteiger charge is -2.15. The predicted octanol–water partition coefficient (Wildman–Crippen LogP) is 5.97. The highest BCUT2D eigenvalue weighted by molar-refractivity contribution is 14.1. The molecule has 3 aromatic rings. The molecule has 156 valence electrons. The van der Waals surface area contributed by atoms with Gasteiger partial charge in [-0.25, -0.2) is 9.67 Å². The van der Waals surface area contributed by atoms with E-state index in [2.05, 4.69) is 91.1 Å². The number of anilines is 1. The first-order valence-corrected chi connectivity index (χ1v) is 12.3. The summed E-state index contributed by atoms with van der Waals surface area (Å²) in [6.07, 6.45) is 1.55. The molecular formula is C18H12Br3ClIN5O2. The van der Waals surface area contributed by atoms with Crippen LogP contribution in [-0.4, -0.2) is 30.6 Å². The highest BCUT2D eigenvalue weighted by Gasteiger charge is 2.23. The van der Waals surface area contributed by atoms with E-state index in [-0.39, 0.29) is 15.6 Å². The summed E-state index contributed by atoms with van der Waals surface area (Å²) in [6, 6.07) is 8.25. The van der Waals surface area contributed by atoms with Crippen molar-refractivity contribution < 1.29 is 9.59 Å². The maximum atomic E-state index is 13.1. The molecular weight excluding hydrogens is 720 g/mol. The van der Waals surface area contributed by atoms with Gasteiger partial charge in [0.25, 0.3) is 11.8 Å². The highest BCUT2D eigenvalue weighted by atomic mass is 127. The van der Waals surface area contributed by atoms with Crippen molar-refractivity contribution in [3.8, 4) is 5.82 Å². The smallest absolute Gasteiger partial charge is 0.274 e. The molecule has 30 heavy (non-hydrogen) atoms. The van der Waals surface area contributed by atoms with Crippen LogP contribution in [0.15, 0.2) is 50.1 Å². The number of rotatable bonds is 5. The normalized spacial score (nSPS) is 11.8. The number of amides is 2. The summed E-state index contributed by atoms with van der Waals surface area (Å²) in [5, 5.41) is 10.2. The summed E-state index contributed by atoms with van der Waals surface area (Å²) in [5.41, 5.74) is 0.814. The van der Waals surface area contributed by atoms with E-state index >= 15 is 0 Å². The Hall–Kier alpha value is -1.02. The van der Waals surface area contributed by atoms with Crippen LogP contribution in [0.3, 0.4) is 0 Å². The monoisotopic (exact) mass is 729 g/mol. The lowest BCUT2D eigenvalue weighted by atomic mass is 10.1. The molecule has 0 saturated heterocycles. The number of nitrogens with one attached hydrogen (secondary N) is 2. The van der Waals surface area contributed by atoms with Crippen molar-refractivity contribution >= 4 is 99.5 Å². The van der Waals surface area contributed by atoms with Crippen LogP contribution in [-0.2, 0) is 0 Å². The summed E-state index contributed by atoms with van der Waals surface area (Å²) < 4.78 is 2.89. The Bertz CT molecular complexity index is 1140. The fourth-order valence-electron chi connectivity index (χ4n) is 2.52. The van der Waals surface area contributed by atoms with Crippen LogP contribution in [0.2, 0.25) is 5.02 Å². The van der Waals surface area contributed by atoms with E-state index in [1.807, 2.05) is 6.92 Å². The summed E-state index contributed by atoms with van der Waals surface area (Å²) in [6.45, 7) is 1.84. The molecule has 0 aliphatic carbocycles. The van der Waals surface area contributed by atoms with E-state index in [1.165, 1.54) is 4.68 Å². The summed E-state index contributed by atoms with van der Waals surface area (Å²) in [5.74, 6) is -0.507. The maximum Gasteiger partial charge on any atom is 0.274 e. The molecule has 0 bridgehead atoms. The van der Waals surface area contributed by atoms with Gasteiger partial charge in [-0.05, 0) is 63.0 Å². The van der Waals surface area contributed by atoms with Crippen LogP contribution in [0.25, 0.3) is 5.82 Å². The second-order valence-electron chi connectivity index (χ2n) is 5.93. The molecule has 7 nitrogen and oxygen atoms in total. The van der Waals surface area contributed by atoms with Gasteiger partial charge in [-0.3, -0.25) is 9.59 Å². The number of nitrogens with zero attached hydrogens (tertiary/aromatic N) is 3. The van der Waals surface area contributed by atoms with Gasteiger partial charge < -0.3 is 10.6 Å². The Morgan fingerprint density at radius 3 is 2.60 bits per heavy atom. The van der Waals surface area contributed by atoms with Crippen molar-refractivity contribution in [3.05, 3.63) is 66.4 Å². The predicted molar refractivity (Wildman–Crippen MR) is 135 cm³/mol. The lowest BCUT2D eigenvalue weighted by Crippen LogP contribution is -2.29. The quantitative estimate of drug-likeness (QED) is 0.192. The van der Waals surface area contributed by atoms with Crippen LogP contribution in [0.1, 0.15) is 27.8 Å². The number of benzene rings is 1. The number of pyridine rings is 1.